The third kappa shape index (κ3) is 5.36. The lowest BCUT2D eigenvalue weighted by atomic mass is 10.2. The Balaban J connectivity index is 1.77. The molecule has 0 bridgehead atoms. The largest absolute Gasteiger partial charge is 0.0623 e. The van der Waals surface area contributed by atoms with E-state index < -0.39 is 0 Å². The number of benzene rings is 2. The molecular formula is C20H18. The molecule has 0 heteroatoms. The maximum Gasteiger partial charge on any atom is -0.0257 e. The molecule has 2 rings (SSSR count). The van der Waals surface area contributed by atoms with Crippen molar-refractivity contribution < 1.29 is 0 Å². The van der Waals surface area contributed by atoms with E-state index in [2.05, 4.69) is 36.4 Å². The van der Waals surface area contributed by atoms with Gasteiger partial charge in [0.25, 0.3) is 0 Å². The summed E-state index contributed by atoms with van der Waals surface area (Å²) in [4.78, 5) is 0. The van der Waals surface area contributed by atoms with Crippen LogP contribution in [-0.4, -0.2) is 0 Å². The van der Waals surface area contributed by atoms with Crippen molar-refractivity contribution in [3.8, 4) is 0 Å². The molecule has 0 amide bonds. The third-order valence-electron chi connectivity index (χ3n) is 2.73. The van der Waals surface area contributed by atoms with Gasteiger partial charge in [-0.3, -0.25) is 0 Å². The summed E-state index contributed by atoms with van der Waals surface area (Å²) in [6.45, 7) is 0. The molecule has 0 fully saturated rings. The Bertz CT molecular complexity index is 542. The van der Waals surface area contributed by atoms with E-state index in [9.17, 15) is 0 Å². The first-order valence-corrected chi connectivity index (χ1v) is 6.73. The van der Waals surface area contributed by atoms with Gasteiger partial charge in [0, 0.05) is 0 Å². The van der Waals surface area contributed by atoms with Crippen molar-refractivity contribution in [3.63, 3.8) is 0 Å². The van der Waals surface area contributed by atoms with Crippen LogP contribution in [0.4, 0.5) is 0 Å². The zero-order chi connectivity index (χ0) is 13.9. The van der Waals surface area contributed by atoms with Crippen LogP contribution in [0.1, 0.15) is 11.1 Å². The number of hydrogen-bond acceptors (Lipinski definition) is 0. The lowest BCUT2D eigenvalue weighted by Crippen LogP contribution is -1.66. The highest BCUT2D eigenvalue weighted by Crippen LogP contribution is 2.02. The predicted molar refractivity (Wildman–Crippen MR) is 89.2 cm³/mol. The number of allylic oxidation sites excluding steroid dienone is 6. The standard InChI is InChI=1S/C20H18/c1(3-7-13-19-15-9-5-10-16-19)2-4-8-14-20-17-11-6-12-18-20/h1-18H/b3-1+,4-2?,13-7+,14-8?. The highest BCUT2D eigenvalue weighted by atomic mass is 13.9. The van der Waals surface area contributed by atoms with Gasteiger partial charge in [0.1, 0.15) is 0 Å². The molecule has 0 radical (unpaired) electrons. The van der Waals surface area contributed by atoms with Gasteiger partial charge in [-0.2, -0.15) is 0 Å². The zero-order valence-corrected chi connectivity index (χ0v) is 11.4. The van der Waals surface area contributed by atoms with Gasteiger partial charge in [-0.05, 0) is 11.1 Å². The monoisotopic (exact) mass is 258 g/mol. The molecule has 0 saturated heterocycles. The molecule has 0 unspecified atom stereocenters. The molecule has 0 heterocycles. The highest BCUT2D eigenvalue weighted by molar-refractivity contribution is 5.52. The smallest absolute Gasteiger partial charge is 0.0257 e. The minimum atomic E-state index is 1.21. The molecule has 0 N–H and O–H groups in total. The van der Waals surface area contributed by atoms with Crippen LogP contribution in [0.2, 0.25) is 0 Å². The second-order valence-corrected chi connectivity index (χ2v) is 4.31. The SMILES string of the molecule is C(C=Cc1ccccc1)=C/C=C/C=C/c1ccccc1. The molecule has 0 nitrogen and oxygen atoms in total. The quantitative estimate of drug-likeness (QED) is 0.619. The molecule has 0 aliphatic rings. The van der Waals surface area contributed by atoms with Crippen molar-refractivity contribution in [3.05, 3.63) is 108 Å². The maximum absolute atomic E-state index is 2.09. The Kier molecular flexibility index (Phi) is 5.87. The highest BCUT2D eigenvalue weighted by Gasteiger charge is 1.80. The summed E-state index contributed by atoms with van der Waals surface area (Å²) in [6.07, 6.45) is 16.4. The molecule has 0 aliphatic carbocycles. The Morgan fingerprint density at radius 2 is 0.750 bits per heavy atom. The van der Waals surface area contributed by atoms with Crippen LogP contribution in [-0.2, 0) is 0 Å². The molecule has 20 heavy (non-hydrogen) atoms. The van der Waals surface area contributed by atoms with Gasteiger partial charge < -0.3 is 0 Å². The Morgan fingerprint density at radius 3 is 1.15 bits per heavy atom. The first-order valence-electron chi connectivity index (χ1n) is 6.73. The zero-order valence-electron chi connectivity index (χ0n) is 11.4. The lowest BCUT2D eigenvalue weighted by Gasteiger charge is -1.88. The van der Waals surface area contributed by atoms with Crippen molar-refractivity contribution in [2.45, 2.75) is 0 Å². The molecular weight excluding hydrogens is 240 g/mol. The second kappa shape index (κ2) is 8.49. The molecule has 0 atom stereocenters. The van der Waals surface area contributed by atoms with Crippen LogP contribution < -0.4 is 0 Å². The molecule has 2 aromatic carbocycles. The van der Waals surface area contributed by atoms with Gasteiger partial charge in [0.05, 0.1) is 0 Å². The summed E-state index contributed by atoms with van der Waals surface area (Å²) in [7, 11) is 0. The van der Waals surface area contributed by atoms with E-state index in [0.717, 1.165) is 0 Å². The minimum Gasteiger partial charge on any atom is -0.0623 e. The van der Waals surface area contributed by atoms with Gasteiger partial charge in [0.15, 0.2) is 0 Å². The summed E-state index contributed by atoms with van der Waals surface area (Å²) in [5, 5.41) is 0. The van der Waals surface area contributed by atoms with Gasteiger partial charge >= 0.3 is 0 Å². The normalized spacial score (nSPS) is 12.2. The summed E-state index contributed by atoms with van der Waals surface area (Å²) < 4.78 is 0. The van der Waals surface area contributed by atoms with Crippen LogP contribution in [0, 0.1) is 0 Å². The first kappa shape index (κ1) is 13.8. The van der Waals surface area contributed by atoms with E-state index in [1.54, 1.807) is 0 Å². The van der Waals surface area contributed by atoms with Crippen LogP contribution >= 0.6 is 0 Å². The molecule has 2 aromatic rings. The average Bonchev–Trinajstić information content (AvgIpc) is 2.52. The maximum atomic E-state index is 2.09. The Labute approximate surface area is 121 Å². The fraction of sp³-hybridized carbons (Fsp3) is 0. The van der Waals surface area contributed by atoms with Crippen molar-refractivity contribution >= 4 is 12.2 Å². The summed E-state index contributed by atoms with van der Waals surface area (Å²) in [6, 6.07) is 20.5. The predicted octanol–water partition coefficient (Wildman–Crippen LogP) is 5.53. The fourth-order valence-corrected chi connectivity index (χ4v) is 1.72. The van der Waals surface area contributed by atoms with Crippen LogP contribution in [0.5, 0.6) is 0 Å². The van der Waals surface area contributed by atoms with Crippen molar-refractivity contribution in [1.82, 2.24) is 0 Å². The third-order valence-corrected chi connectivity index (χ3v) is 2.73. The van der Waals surface area contributed by atoms with E-state index >= 15 is 0 Å². The van der Waals surface area contributed by atoms with Crippen molar-refractivity contribution in [1.29, 1.82) is 0 Å². The van der Waals surface area contributed by atoms with Gasteiger partial charge in [-0.15, -0.1) is 0 Å². The van der Waals surface area contributed by atoms with Crippen LogP contribution in [0.25, 0.3) is 12.2 Å². The second-order valence-electron chi connectivity index (χ2n) is 4.31. The Hall–Kier alpha value is -2.60. The first-order chi connectivity index (χ1) is 9.95. The topological polar surface area (TPSA) is 0 Å². The molecule has 0 saturated carbocycles. The number of rotatable bonds is 5. The molecule has 98 valence electrons. The Morgan fingerprint density at radius 1 is 0.400 bits per heavy atom. The van der Waals surface area contributed by atoms with Gasteiger partial charge in [-0.25, -0.2) is 0 Å². The summed E-state index contributed by atoms with van der Waals surface area (Å²) >= 11 is 0. The van der Waals surface area contributed by atoms with Crippen molar-refractivity contribution in [2.24, 2.45) is 0 Å². The molecule has 0 aliphatic heterocycles. The van der Waals surface area contributed by atoms with E-state index in [4.69, 9.17) is 0 Å². The summed E-state index contributed by atoms with van der Waals surface area (Å²) in [5.74, 6) is 0. The van der Waals surface area contributed by atoms with E-state index in [1.807, 2.05) is 72.9 Å². The minimum absolute atomic E-state index is 1.21. The average molecular weight is 258 g/mol. The summed E-state index contributed by atoms with van der Waals surface area (Å²) in [5.41, 5.74) is 2.43. The lowest BCUT2D eigenvalue weighted by molar-refractivity contribution is 1.66. The van der Waals surface area contributed by atoms with Gasteiger partial charge in [-0.1, -0.05) is 109 Å². The molecule has 0 aromatic heterocycles. The van der Waals surface area contributed by atoms with Gasteiger partial charge in [0.2, 0.25) is 0 Å². The fourth-order valence-electron chi connectivity index (χ4n) is 1.72. The number of hydrogen-bond donors (Lipinski definition) is 0. The molecule has 0 spiro atoms. The van der Waals surface area contributed by atoms with E-state index in [-0.39, 0.29) is 0 Å². The van der Waals surface area contributed by atoms with E-state index in [0.29, 0.717) is 0 Å². The van der Waals surface area contributed by atoms with Crippen LogP contribution in [0.3, 0.4) is 0 Å². The van der Waals surface area contributed by atoms with E-state index in [1.165, 1.54) is 11.1 Å². The van der Waals surface area contributed by atoms with Crippen molar-refractivity contribution in [2.75, 3.05) is 0 Å². The van der Waals surface area contributed by atoms with Crippen LogP contribution in [0.15, 0.2) is 97.1 Å².